The minimum Gasteiger partial charge on any atom is -0.353 e. The van der Waals surface area contributed by atoms with Crippen LogP contribution in [-0.4, -0.2) is 48.3 Å². The first-order valence-electron chi connectivity index (χ1n) is 9.94. The molecule has 2 unspecified atom stereocenters. The third kappa shape index (κ3) is 4.14. The van der Waals surface area contributed by atoms with Crippen LogP contribution in [0.15, 0.2) is 36.4 Å². The molecule has 2 aromatic carbocycles. The topological polar surface area (TPSA) is 78.5 Å². The number of imide groups is 1. The van der Waals surface area contributed by atoms with Crippen molar-refractivity contribution in [2.24, 2.45) is 5.92 Å². The fourth-order valence-corrected chi connectivity index (χ4v) is 4.19. The highest BCUT2D eigenvalue weighted by atomic mass is 35.5. The van der Waals surface area contributed by atoms with Gasteiger partial charge >= 0.3 is 0 Å². The average molecular weight is 416 g/mol. The molecular formula is C22H26ClN3O3. The summed E-state index contributed by atoms with van der Waals surface area (Å²) in [5, 5.41) is 8.04. The number of hydrogen-bond acceptors (Lipinski definition) is 4. The SMILES string of the molecule is CC1CNCCC1NC(=O)CCCN1C(=O)c2cccc3cccc(c23)C1=O.Cl. The molecule has 7 heteroatoms. The van der Waals surface area contributed by atoms with Gasteiger partial charge in [0.25, 0.3) is 11.8 Å². The minimum atomic E-state index is -0.276. The molecule has 29 heavy (non-hydrogen) atoms. The van der Waals surface area contributed by atoms with Crippen LogP contribution < -0.4 is 10.6 Å². The highest BCUT2D eigenvalue weighted by molar-refractivity contribution is 6.25. The Morgan fingerprint density at radius 3 is 2.41 bits per heavy atom. The summed E-state index contributed by atoms with van der Waals surface area (Å²) in [5.74, 6) is -0.165. The summed E-state index contributed by atoms with van der Waals surface area (Å²) >= 11 is 0. The number of amides is 3. The van der Waals surface area contributed by atoms with Crippen molar-refractivity contribution in [2.45, 2.75) is 32.2 Å². The quantitative estimate of drug-likeness (QED) is 0.736. The van der Waals surface area contributed by atoms with Crippen LogP contribution in [0.3, 0.4) is 0 Å². The second kappa shape index (κ2) is 8.93. The van der Waals surface area contributed by atoms with E-state index in [0.717, 1.165) is 30.3 Å². The number of nitrogens with one attached hydrogen (secondary N) is 2. The van der Waals surface area contributed by atoms with E-state index >= 15 is 0 Å². The second-order valence-corrected chi connectivity index (χ2v) is 7.72. The lowest BCUT2D eigenvalue weighted by Crippen LogP contribution is -2.48. The van der Waals surface area contributed by atoms with Gasteiger partial charge in [-0.1, -0.05) is 31.2 Å². The normalized spacial score (nSPS) is 21.1. The number of rotatable bonds is 5. The Balaban J connectivity index is 0.00000240. The number of hydrogen-bond donors (Lipinski definition) is 2. The van der Waals surface area contributed by atoms with Crippen molar-refractivity contribution in [3.8, 4) is 0 Å². The standard InChI is InChI=1S/C22H25N3O3.ClH/c1-14-13-23-11-10-18(14)24-19(26)9-4-12-25-21(27)16-7-2-5-15-6-3-8-17(20(15)16)22(25)28;/h2-3,5-8,14,18,23H,4,9-13H2,1H3,(H,24,26);1H. The lowest BCUT2D eigenvalue weighted by atomic mass is 9.94. The molecule has 0 radical (unpaired) electrons. The maximum atomic E-state index is 12.8. The van der Waals surface area contributed by atoms with Crippen molar-refractivity contribution in [1.29, 1.82) is 0 Å². The summed E-state index contributed by atoms with van der Waals surface area (Å²) in [6.07, 6.45) is 1.69. The average Bonchev–Trinajstić information content (AvgIpc) is 2.70. The van der Waals surface area contributed by atoms with Crippen LogP contribution in [-0.2, 0) is 4.79 Å². The van der Waals surface area contributed by atoms with Crippen molar-refractivity contribution >= 4 is 40.9 Å². The van der Waals surface area contributed by atoms with Gasteiger partial charge in [-0.15, -0.1) is 12.4 Å². The number of benzene rings is 2. The molecule has 4 rings (SSSR count). The summed E-state index contributed by atoms with van der Waals surface area (Å²) in [6, 6.07) is 11.2. The Morgan fingerprint density at radius 2 is 1.79 bits per heavy atom. The second-order valence-electron chi connectivity index (χ2n) is 7.72. The van der Waals surface area contributed by atoms with Crippen molar-refractivity contribution in [3.63, 3.8) is 0 Å². The van der Waals surface area contributed by atoms with Crippen LogP contribution in [0.25, 0.3) is 10.8 Å². The number of halogens is 1. The molecule has 6 nitrogen and oxygen atoms in total. The van der Waals surface area contributed by atoms with Gasteiger partial charge in [-0.2, -0.15) is 0 Å². The first kappa shape index (κ1) is 21.3. The van der Waals surface area contributed by atoms with Gasteiger partial charge in [-0.3, -0.25) is 19.3 Å². The van der Waals surface area contributed by atoms with Gasteiger partial charge in [-0.05, 0) is 49.4 Å². The van der Waals surface area contributed by atoms with Crippen LogP contribution in [0.5, 0.6) is 0 Å². The molecule has 2 N–H and O–H groups in total. The maximum absolute atomic E-state index is 12.8. The van der Waals surface area contributed by atoms with Crippen molar-refractivity contribution in [3.05, 3.63) is 47.5 Å². The van der Waals surface area contributed by atoms with Gasteiger partial charge in [0.15, 0.2) is 0 Å². The monoisotopic (exact) mass is 415 g/mol. The Hall–Kier alpha value is -2.44. The highest BCUT2D eigenvalue weighted by Crippen LogP contribution is 2.30. The molecule has 1 fully saturated rings. The molecule has 0 spiro atoms. The minimum absolute atomic E-state index is 0. The number of piperidine rings is 1. The van der Waals surface area contributed by atoms with Crippen LogP contribution in [0.2, 0.25) is 0 Å². The zero-order chi connectivity index (χ0) is 19.7. The van der Waals surface area contributed by atoms with E-state index in [1.165, 1.54) is 4.90 Å². The third-order valence-corrected chi connectivity index (χ3v) is 5.77. The molecule has 0 aliphatic carbocycles. The van der Waals surface area contributed by atoms with Gasteiger partial charge in [0.1, 0.15) is 0 Å². The van der Waals surface area contributed by atoms with Crippen LogP contribution in [0, 0.1) is 5.92 Å². The Kier molecular flexibility index (Phi) is 6.55. The number of carbonyl (C=O) groups is 3. The molecular weight excluding hydrogens is 390 g/mol. The largest absolute Gasteiger partial charge is 0.353 e. The molecule has 154 valence electrons. The van der Waals surface area contributed by atoms with E-state index in [1.54, 1.807) is 12.1 Å². The van der Waals surface area contributed by atoms with E-state index in [-0.39, 0.29) is 42.7 Å². The molecule has 1 saturated heterocycles. The first-order chi connectivity index (χ1) is 13.6. The van der Waals surface area contributed by atoms with Gasteiger partial charge in [0, 0.05) is 35.5 Å². The molecule has 2 aliphatic heterocycles. The number of nitrogens with zero attached hydrogens (tertiary/aromatic N) is 1. The number of carbonyl (C=O) groups excluding carboxylic acids is 3. The van der Waals surface area contributed by atoms with Crippen LogP contribution in [0.4, 0.5) is 0 Å². The van der Waals surface area contributed by atoms with E-state index in [2.05, 4.69) is 17.6 Å². The molecule has 2 heterocycles. The predicted molar refractivity (Wildman–Crippen MR) is 114 cm³/mol. The molecule has 0 saturated carbocycles. The molecule has 2 aliphatic rings. The summed E-state index contributed by atoms with van der Waals surface area (Å²) in [4.78, 5) is 39.3. The van der Waals surface area contributed by atoms with E-state index < -0.39 is 0 Å². The molecule has 0 bridgehead atoms. The van der Waals surface area contributed by atoms with Crippen molar-refractivity contribution < 1.29 is 14.4 Å². The van der Waals surface area contributed by atoms with Crippen LogP contribution in [0.1, 0.15) is 46.9 Å². The van der Waals surface area contributed by atoms with Gasteiger partial charge in [0.2, 0.25) is 5.91 Å². The third-order valence-electron chi connectivity index (χ3n) is 5.77. The zero-order valence-corrected chi connectivity index (χ0v) is 17.3. The van der Waals surface area contributed by atoms with Gasteiger partial charge in [0.05, 0.1) is 0 Å². The van der Waals surface area contributed by atoms with Gasteiger partial charge in [-0.25, -0.2) is 0 Å². The summed E-state index contributed by atoms with van der Waals surface area (Å²) in [7, 11) is 0. The Labute approximate surface area is 176 Å². The molecule has 2 atom stereocenters. The van der Waals surface area contributed by atoms with E-state index in [1.807, 2.05) is 24.3 Å². The smallest absolute Gasteiger partial charge is 0.261 e. The van der Waals surface area contributed by atoms with Gasteiger partial charge < -0.3 is 10.6 Å². The summed E-state index contributed by atoms with van der Waals surface area (Å²) in [5.41, 5.74) is 1.11. The molecule has 2 aromatic rings. The molecule has 0 aromatic heterocycles. The highest BCUT2D eigenvalue weighted by Gasteiger charge is 2.32. The van der Waals surface area contributed by atoms with Crippen molar-refractivity contribution in [1.82, 2.24) is 15.5 Å². The first-order valence-corrected chi connectivity index (χ1v) is 9.94. The molecule has 3 amide bonds. The van der Waals surface area contributed by atoms with E-state index in [0.29, 0.717) is 29.9 Å². The predicted octanol–water partition coefficient (Wildman–Crippen LogP) is 2.75. The lowest BCUT2D eigenvalue weighted by Gasteiger charge is -2.30. The van der Waals surface area contributed by atoms with Crippen molar-refractivity contribution in [2.75, 3.05) is 19.6 Å². The fraction of sp³-hybridized carbons (Fsp3) is 0.409. The maximum Gasteiger partial charge on any atom is 0.261 e. The van der Waals surface area contributed by atoms with E-state index in [9.17, 15) is 14.4 Å². The van der Waals surface area contributed by atoms with E-state index in [4.69, 9.17) is 0 Å². The Morgan fingerprint density at radius 1 is 1.14 bits per heavy atom. The summed E-state index contributed by atoms with van der Waals surface area (Å²) in [6.45, 7) is 4.20. The Bertz CT molecular complexity index is 895. The summed E-state index contributed by atoms with van der Waals surface area (Å²) < 4.78 is 0. The van der Waals surface area contributed by atoms with Crippen LogP contribution >= 0.6 is 12.4 Å². The lowest BCUT2D eigenvalue weighted by molar-refractivity contribution is -0.122. The zero-order valence-electron chi connectivity index (χ0n) is 16.4. The fourth-order valence-electron chi connectivity index (χ4n) is 4.19.